The molecular weight excluding hydrogens is 278 g/mol. The minimum atomic E-state index is -0.501. The second-order valence-electron chi connectivity index (χ2n) is 5.37. The van der Waals surface area contributed by atoms with E-state index < -0.39 is 5.25 Å². The van der Waals surface area contributed by atoms with Crippen molar-refractivity contribution in [2.24, 2.45) is 22.7 Å². The Morgan fingerprint density at radius 3 is 2.40 bits per heavy atom. The van der Waals surface area contributed by atoms with Gasteiger partial charge in [0, 0.05) is 25.9 Å². The van der Waals surface area contributed by atoms with E-state index >= 15 is 0 Å². The molecule has 114 valence electrons. The van der Waals surface area contributed by atoms with E-state index in [1.165, 1.54) is 0 Å². The Balaban J connectivity index is 2.42. The number of carbonyl (C=O) groups excluding carboxylic acids is 3. The third kappa shape index (κ3) is 4.79. The Kier molecular flexibility index (Phi) is 7.01. The molecule has 0 aromatic heterocycles. The largest absolute Gasteiger partial charge is 0.369 e. The van der Waals surface area contributed by atoms with Crippen molar-refractivity contribution >= 4 is 30.0 Å². The summed E-state index contributed by atoms with van der Waals surface area (Å²) in [5, 5.41) is 4.94. The quantitative estimate of drug-likeness (QED) is 0.519. The van der Waals surface area contributed by atoms with Gasteiger partial charge in [-0.25, -0.2) is 0 Å². The number of hydrogen-bond donors (Lipinski definition) is 2. The molecule has 0 saturated heterocycles. The topological polar surface area (TPSA) is 106 Å². The molecule has 1 aliphatic carbocycles. The van der Waals surface area contributed by atoms with Crippen LogP contribution in [0.1, 0.15) is 32.1 Å². The van der Waals surface area contributed by atoms with Crippen LogP contribution in [0.2, 0.25) is 0 Å². The van der Waals surface area contributed by atoms with E-state index in [1.54, 1.807) is 11.9 Å². The zero-order valence-electron chi connectivity index (χ0n) is 11.8. The van der Waals surface area contributed by atoms with Gasteiger partial charge in [-0.3, -0.25) is 14.7 Å². The molecule has 0 bridgehead atoms. The average Bonchev–Trinajstić information content (AvgIpc) is 2.44. The van der Waals surface area contributed by atoms with Crippen molar-refractivity contribution < 1.29 is 14.4 Å². The third-order valence-electron chi connectivity index (χ3n) is 3.91. The van der Waals surface area contributed by atoms with Gasteiger partial charge in [0.05, 0.1) is 0 Å². The molecule has 0 aromatic rings. The molecule has 2 amide bonds. The standard InChI is InChI=1S/C13H23N3O3S/c1-16(13(19)11(20-15)6-7-17)8-9-2-4-10(5-3-9)12(14)18/h7,9-11H,2-6,8,15H2,1H3,(H2,14,18). The maximum absolute atomic E-state index is 12.1. The maximum Gasteiger partial charge on any atom is 0.237 e. The monoisotopic (exact) mass is 301 g/mol. The number of nitrogens with zero attached hydrogens (tertiary/aromatic N) is 1. The number of aldehydes is 1. The van der Waals surface area contributed by atoms with Crippen LogP contribution in [0.15, 0.2) is 0 Å². The lowest BCUT2D eigenvalue weighted by atomic mass is 9.81. The van der Waals surface area contributed by atoms with Gasteiger partial charge in [0.15, 0.2) is 0 Å². The minimum absolute atomic E-state index is 0.0188. The molecule has 1 rings (SSSR count). The summed E-state index contributed by atoms with van der Waals surface area (Å²) in [7, 11) is 1.73. The molecule has 6 nitrogen and oxygen atoms in total. The Labute approximate surface area is 123 Å². The zero-order chi connectivity index (χ0) is 15.1. The molecule has 20 heavy (non-hydrogen) atoms. The molecule has 1 atom stereocenters. The molecule has 0 heterocycles. The van der Waals surface area contributed by atoms with Gasteiger partial charge >= 0.3 is 0 Å². The van der Waals surface area contributed by atoms with Crippen LogP contribution in [-0.4, -0.2) is 41.8 Å². The van der Waals surface area contributed by atoms with E-state index in [0.717, 1.165) is 37.6 Å². The summed E-state index contributed by atoms with van der Waals surface area (Å²) in [6.07, 6.45) is 4.25. The smallest absolute Gasteiger partial charge is 0.237 e. The van der Waals surface area contributed by atoms with Crippen molar-refractivity contribution in [1.82, 2.24) is 4.90 Å². The summed E-state index contributed by atoms with van der Waals surface area (Å²) in [6.45, 7) is 0.639. The Morgan fingerprint density at radius 2 is 1.95 bits per heavy atom. The molecule has 0 spiro atoms. The van der Waals surface area contributed by atoms with Crippen LogP contribution in [0, 0.1) is 11.8 Å². The van der Waals surface area contributed by atoms with Crippen molar-refractivity contribution in [1.29, 1.82) is 0 Å². The number of hydrogen-bond acceptors (Lipinski definition) is 5. The van der Waals surface area contributed by atoms with Crippen molar-refractivity contribution in [2.75, 3.05) is 13.6 Å². The predicted octanol–water partition coefficient (Wildman–Crippen LogP) is 0.301. The van der Waals surface area contributed by atoms with Crippen molar-refractivity contribution in [2.45, 2.75) is 37.4 Å². The van der Waals surface area contributed by atoms with E-state index in [0.29, 0.717) is 18.7 Å². The van der Waals surface area contributed by atoms with Crippen LogP contribution in [0.5, 0.6) is 0 Å². The SMILES string of the molecule is CN(CC1CCC(C(N)=O)CC1)C(=O)C(CC=O)SN. The van der Waals surface area contributed by atoms with Gasteiger partial charge < -0.3 is 15.4 Å². The molecule has 4 N–H and O–H groups in total. The molecule has 1 fully saturated rings. The van der Waals surface area contributed by atoms with Gasteiger partial charge in [0.2, 0.25) is 11.8 Å². The fourth-order valence-corrected chi connectivity index (χ4v) is 3.14. The van der Waals surface area contributed by atoms with Crippen LogP contribution in [0.3, 0.4) is 0 Å². The van der Waals surface area contributed by atoms with Gasteiger partial charge in [0.25, 0.3) is 0 Å². The normalized spacial score (nSPS) is 23.9. The number of rotatable bonds is 7. The van der Waals surface area contributed by atoms with Gasteiger partial charge in [0.1, 0.15) is 11.5 Å². The number of carbonyl (C=O) groups is 3. The molecule has 0 aliphatic heterocycles. The third-order valence-corrected chi connectivity index (χ3v) is 4.63. The number of primary amides is 1. The zero-order valence-corrected chi connectivity index (χ0v) is 12.6. The molecule has 7 heteroatoms. The predicted molar refractivity (Wildman–Crippen MR) is 78.5 cm³/mol. The Morgan fingerprint density at radius 1 is 1.35 bits per heavy atom. The number of nitrogens with two attached hydrogens (primary N) is 2. The fourth-order valence-electron chi connectivity index (χ4n) is 2.65. The van der Waals surface area contributed by atoms with Crippen LogP contribution in [-0.2, 0) is 14.4 Å². The molecule has 1 unspecified atom stereocenters. The summed E-state index contributed by atoms with van der Waals surface area (Å²) in [5.74, 6) is 0.0361. The molecule has 1 aliphatic rings. The Bertz CT molecular complexity index is 357. The van der Waals surface area contributed by atoms with E-state index in [4.69, 9.17) is 10.9 Å². The van der Waals surface area contributed by atoms with Crippen LogP contribution in [0.25, 0.3) is 0 Å². The lowest BCUT2D eigenvalue weighted by molar-refractivity contribution is -0.131. The van der Waals surface area contributed by atoms with Crippen molar-refractivity contribution in [3.05, 3.63) is 0 Å². The molecule has 0 radical (unpaired) electrons. The molecular formula is C13H23N3O3S. The Hall–Kier alpha value is -1.08. The highest BCUT2D eigenvalue weighted by Gasteiger charge is 2.28. The first kappa shape index (κ1) is 17.0. The molecule has 0 aromatic carbocycles. The van der Waals surface area contributed by atoms with E-state index in [-0.39, 0.29) is 24.2 Å². The van der Waals surface area contributed by atoms with Crippen LogP contribution in [0.4, 0.5) is 0 Å². The molecule has 1 saturated carbocycles. The summed E-state index contributed by atoms with van der Waals surface area (Å²) in [5.41, 5.74) is 5.30. The average molecular weight is 301 g/mol. The van der Waals surface area contributed by atoms with Crippen molar-refractivity contribution in [3.8, 4) is 0 Å². The lowest BCUT2D eigenvalue weighted by Crippen LogP contribution is -2.40. The highest BCUT2D eigenvalue weighted by Crippen LogP contribution is 2.29. The number of amides is 2. The van der Waals surface area contributed by atoms with E-state index in [1.807, 2.05) is 0 Å². The van der Waals surface area contributed by atoms with Gasteiger partial charge in [-0.05, 0) is 31.6 Å². The first-order valence-corrected chi connectivity index (χ1v) is 7.77. The minimum Gasteiger partial charge on any atom is -0.369 e. The van der Waals surface area contributed by atoms with Crippen LogP contribution >= 0.6 is 11.9 Å². The second kappa shape index (κ2) is 8.26. The van der Waals surface area contributed by atoms with Crippen LogP contribution < -0.4 is 10.9 Å². The summed E-state index contributed by atoms with van der Waals surface area (Å²) in [6, 6.07) is 0. The summed E-state index contributed by atoms with van der Waals surface area (Å²) < 4.78 is 0. The summed E-state index contributed by atoms with van der Waals surface area (Å²) >= 11 is 0.914. The van der Waals surface area contributed by atoms with Crippen molar-refractivity contribution in [3.63, 3.8) is 0 Å². The second-order valence-corrected chi connectivity index (χ2v) is 6.21. The van der Waals surface area contributed by atoms with Gasteiger partial charge in [-0.1, -0.05) is 11.9 Å². The first-order valence-electron chi connectivity index (χ1n) is 6.83. The fraction of sp³-hybridized carbons (Fsp3) is 0.769. The highest BCUT2D eigenvalue weighted by atomic mass is 32.2. The van der Waals surface area contributed by atoms with Gasteiger partial charge in [-0.15, -0.1) is 0 Å². The maximum atomic E-state index is 12.1. The lowest BCUT2D eigenvalue weighted by Gasteiger charge is -2.31. The highest BCUT2D eigenvalue weighted by molar-refractivity contribution is 7.98. The van der Waals surface area contributed by atoms with Gasteiger partial charge in [-0.2, -0.15) is 0 Å². The summed E-state index contributed by atoms with van der Waals surface area (Å²) in [4.78, 5) is 35.4. The van der Waals surface area contributed by atoms with E-state index in [2.05, 4.69) is 0 Å². The van der Waals surface area contributed by atoms with E-state index in [9.17, 15) is 14.4 Å². The first-order chi connectivity index (χ1) is 9.49.